The Morgan fingerprint density at radius 1 is 1.19 bits per heavy atom. The monoisotopic (exact) mass is 289 g/mol. The standard InChI is InChI=1S/C17H27N3O/c1-16(2)7-4-8-17(12-16)9-10-20(17)11-14-18-15(19-21-14)13-5-3-6-13/h13H,3-12H2,1-2H3. The Labute approximate surface area is 127 Å². The van der Waals surface area contributed by atoms with Crippen molar-refractivity contribution in [1.82, 2.24) is 15.0 Å². The van der Waals surface area contributed by atoms with Gasteiger partial charge in [-0.2, -0.15) is 4.98 Å². The highest BCUT2D eigenvalue weighted by Gasteiger charge is 2.49. The fourth-order valence-corrected chi connectivity index (χ4v) is 4.61. The lowest BCUT2D eigenvalue weighted by molar-refractivity contribution is -0.0836. The van der Waals surface area contributed by atoms with Gasteiger partial charge in [0.15, 0.2) is 5.82 Å². The van der Waals surface area contributed by atoms with Crippen LogP contribution in [0.4, 0.5) is 0 Å². The SMILES string of the molecule is CC1(C)CCCC2(CCN2Cc2nc(C3CCC3)no2)C1. The summed E-state index contributed by atoms with van der Waals surface area (Å²) in [4.78, 5) is 7.25. The van der Waals surface area contributed by atoms with Crippen LogP contribution in [0.15, 0.2) is 4.52 Å². The van der Waals surface area contributed by atoms with Crippen LogP contribution in [0.5, 0.6) is 0 Å². The van der Waals surface area contributed by atoms with E-state index in [1.807, 2.05) is 0 Å². The van der Waals surface area contributed by atoms with Crippen LogP contribution in [-0.2, 0) is 6.54 Å². The zero-order chi connectivity index (χ0) is 14.5. The molecule has 1 aromatic heterocycles. The molecule has 0 bridgehead atoms. The third-order valence-corrected chi connectivity index (χ3v) is 6.10. The lowest BCUT2D eigenvalue weighted by atomic mass is 9.63. The molecule has 0 aromatic carbocycles. The largest absolute Gasteiger partial charge is 0.338 e. The van der Waals surface area contributed by atoms with E-state index in [-0.39, 0.29) is 0 Å². The summed E-state index contributed by atoms with van der Waals surface area (Å²) >= 11 is 0. The van der Waals surface area contributed by atoms with E-state index < -0.39 is 0 Å². The highest BCUT2D eigenvalue weighted by atomic mass is 16.5. The van der Waals surface area contributed by atoms with Gasteiger partial charge in [-0.1, -0.05) is 31.8 Å². The maximum absolute atomic E-state index is 5.51. The lowest BCUT2D eigenvalue weighted by Gasteiger charge is -2.58. The molecule has 1 spiro atoms. The van der Waals surface area contributed by atoms with Crippen LogP contribution in [0.25, 0.3) is 0 Å². The Balaban J connectivity index is 1.43. The van der Waals surface area contributed by atoms with Crippen molar-refractivity contribution in [1.29, 1.82) is 0 Å². The third kappa shape index (κ3) is 2.41. The van der Waals surface area contributed by atoms with E-state index in [1.54, 1.807) is 0 Å². The van der Waals surface area contributed by atoms with Crippen LogP contribution < -0.4 is 0 Å². The Hall–Kier alpha value is -0.900. The van der Waals surface area contributed by atoms with Gasteiger partial charge in [0, 0.05) is 18.0 Å². The first-order chi connectivity index (χ1) is 10.1. The van der Waals surface area contributed by atoms with Crippen molar-refractivity contribution in [3.8, 4) is 0 Å². The van der Waals surface area contributed by atoms with Crippen LogP contribution in [0.3, 0.4) is 0 Å². The second kappa shape index (κ2) is 4.80. The minimum Gasteiger partial charge on any atom is -0.338 e. The Kier molecular flexibility index (Phi) is 3.14. The average molecular weight is 289 g/mol. The van der Waals surface area contributed by atoms with Crippen molar-refractivity contribution in [2.24, 2.45) is 5.41 Å². The molecule has 4 nitrogen and oxygen atoms in total. The van der Waals surface area contributed by atoms with Crippen LogP contribution in [0.1, 0.15) is 82.8 Å². The smallest absolute Gasteiger partial charge is 0.240 e. The molecule has 1 saturated heterocycles. The first kappa shape index (κ1) is 13.7. The summed E-state index contributed by atoms with van der Waals surface area (Å²) in [5.41, 5.74) is 0.912. The van der Waals surface area contributed by atoms with Crippen molar-refractivity contribution >= 4 is 0 Å². The molecule has 4 rings (SSSR count). The Bertz CT molecular complexity index is 520. The predicted molar refractivity (Wildman–Crippen MR) is 80.9 cm³/mol. The molecule has 0 amide bonds. The van der Waals surface area contributed by atoms with Gasteiger partial charge in [0.25, 0.3) is 0 Å². The molecular formula is C17H27N3O. The van der Waals surface area contributed by atoms with Gasteiger partial charge < -0.3 is 4.52 Å². The van der Waals surface area contributed by atoms with Crippen molar-refractivity contribution in [2.45, 2.75) is 83.2 Å². The quantitative estimate of drug-likeness (QED) is 0.847. The zero-order valence-corrected chi connectivity index (χ0v) is 13.4. The van der Waals surface area contributed by atoms with E-state index in [1.165, 1.54) is 57.9 Å². The number of hydrogen-bond donors (Lipinski definition) is 0. The highest BCUT2D eigenvalue weighted by molar-refractivity contribution is 5.06. The van der Waals surface area contributed by atoms with E-state index in [2.05, 4.69) is 28.9 Å². The van der Waals surface area contributed by atoms with Gasteiger partial charge in [0.1, 0.15) is 0 Å². The summed E-state index contributed by atoms with van der Waals surface area (Å²) in [6.45, 7) is 6.89. The van der Waals surface area contributed by atoms with E-state index in [4.69, 9.17) is 4.52 Å². The van der Waals surface area contributed by atoms with E-state index in [0.29, 0.717) is 16.9 Å². The minimum atomic E-state index is 0.423. The molecule has 0 radical (unpaired) electrons. The molecule has 2 saturated carbocycles. The van der Waals surface area contributed by atoms with Gasteiger partial charge >= 0.3 is 0 Å². The molecule has 116 valence electrons. The molecular weight excluding hydrogens is 262 g/mol. The molecule has 0 N–H and O–H groups in total. The topological polar surface area (TPSA) is 42.2 Å². The van der Waals surface area contributed by atoms with Gasteiger partial charge in [-0.05, 0) is 43.9 Å². The zero-order valence-electron chi connectivity index (χ0n) is 13.4. The molecule has 2 aliphatic carbocycles. The van der Waals surface area contributed by atoms with Gasteiger partial charge in [0.05, 0.1) is 6.54 Å². The summed E-state index contributed by atoms with van der Waals surface area (Å²) in [6.07, 6.45) is 10.5. The van der Waals surface area contributed by atoms with Gasteiger partial charge in [-0.15, -0.1) is 0 Å². The first-order valence-corrected chi connectivity index (χ1v) is 8.64. The first-order valence-electron chi connectivity index (χ1n) is 8.64. The second-order valence-corrected chi connectivity index (χ2v) is 8.26. The molecule has 4 heteroatoms. The van der Waals surface area contributed by atoms with E-state index >= 15 is 0 Å². The number of nitrogens with zero attached hydrogens (tertiary/aromatic N) is 3. The maximum Gasteiger partial charge on any atom is 0.240 e. The number of hydrogen-bond acceptors (Lipinski definition) is 4. The van der Waals surface area contributed by atoms with Crippen LogP contribution >= 0.6 is 0 Å². The molecule has 3 fully saturated rings. The summed E-state index contributed by atoms with van der Waals surface area (Å²) in [7, 11) is 0. The minimum absolute atomic E-state index is 0.423. The van der Waals surface area contributed by atoms with Crippen LogP contribution in [0.2, 0.25) is 0 Å². The van der Waals surface area contributed by atoms with Crippen molar-refractivity contribution in [3.63, 3.8) is 0 Å². The predicted octanol–water partition coefficient (Wildman–Crippen LogP) is 3.88. The van der Waals surface area contributed by atoms with Gasteiger partial charge in [-0.25, -0.2) is 0 Å². The molecule has 2 heterocycles. The summed E-state index contributed by atoms with van der Waals surface area (Å²) in [5, 5.41) is 4.20. The number of likely N-dealkylation sites (tertiary alicyclic amines) is 1. The fraction of sp³-hybridized carbons (Fsp3) is 0.882. The van der Waals surface area contributed by atoms with Crippen molar-refractivity contribution < 1.29 is 4.52 Å². The maximum atomic E-state index is 5.51. The Morgan fingerprint density at radius 2 is 2.05 bits per heavy atom. The molecule has 3 aliphatic rings. The van der Waals surface area contributed by atoms with Gasteiger partial charge in [0.2, 0.25) is 5.89 Å². The van der Waals surface area contributed by atoms with Crippen LogP contribution in [-0.4, -0.2) is 27.1 Å². The number of aromatic nitrogens is 2. The second-order valence-electron chi connectivity index (χ2n) is 8.26. The molecule has 21 heavy (non-hydrogen) atoms. The van der Waals surface area contributed by atoms with Crippen molar-refractivity contribution in [3.05, 3.63) is 11.7 Å². The summed E-state index contributed by atoms with van der Waals surface area (Å²) in [6, 6.07) is 0. The van der Waals surface area contributed by atoms with Crippen molar-refractivity contribution in [2.75, 3.05) is 6.54 Å². The molecule has 1 aromatic rings. The summed E-state index contributed by atoms with van der Waals surface area (Å²) < 4.78 is 5.51. The third-order valence-electron chi connectivity index (χ3n) is 6.10. The summed E-state index contributed by atoms with van der Waals surface area (Å²) in [5.74, 6) is 2.36. The lowest BCUT2D eigenvalue weighted by Crippen LogP contribution is -2.62. The number of rotatable bonds is 3. The fourth-order valence-electron chi connectivity index (χ4n) is 4.61. The van der Waals surface area contributed by atoms with E-state index in [9.17, 15) is 0 Å². The van der Waals surface area contributed by atoms with E-state index in [0.717, 1.165) is 18.3 Å². The molecule has 1 unspecified atom stereocenters. The average Bonchev–Trinajstić information content (AvgIpc) is 2.80. The highest BCUT2D eigenvalue weighted by Crippen LogP contribution is 2.50. The van der Waals surface area contributed by atoms with Crippen LogP contribution in [0, 0.1) is 5.41 Å². The molecule has 1 aliphatic heterocycles. The molecule has 1 atom stereocenters. The Morgan fingerprint density at radius 3 is 2.67 bits per heavy atom. The van der Waals surface area contributed by atoms with Gasteiger partial charge in [-0.3, -0.25) is 4.90 Å². The normalized spacial score (nSPS) is 32.9.